The number of nitrogens with one attached hydrogen (secondary N) is 1. The van der Waals surface area contributed by atoms with Crippen molar-refractivity contribution in [3.8, 4) is 11.5 Å². The van der Waals surface area contributed by atoms with Gasteiger partial charge in [-0.1, -0.05) is 6.58 Å². The van der Waals surface area contributed by atoms with E-state index >= 15 is 0 Å². The largest absolute Gasteiger partial charge is 0.497 e. The molecule has 0 bridgehead atoms. The van der Waals surface area contributed by atoms with Gasteiger partial charge in [0.25, 0.3) is 0 Å². The summed E-state index contributed by atoms with van der Waals surface area (Å²) < 4.78 is 13.5. The van der Waals surface area contributed by atoms with E-state index in [1.807, 2.05) is 29.8 Å². The second-order valence-corrected chi connectivity index (χ2v) is 7.49. The average Bonchev–Trinajstić information content (AvgIpc) is 3.22. The van der Waals surface area contributed by atoms with Crippen molar-refractivity contribution in [2.24, 2.45) is 4.99 Å². The number of aryl methyl sites for hydroxylation is 3. The highest BCUT2D eigenvalue weighted by molar-refractivity contribution is 6.08. The van der Waals surface area contributed by atoms with Gasteiger partial charge in [-0.25, -0.2) is 9.98 Å². The van der Waals surface area contributed by atoms with E-state index in [0.717, 1.165) is 63.1 Å². The van der Waals surface area contributed by atoms with Crippen LogP contribution in [0.1, 0.15) is 27.8 Å². The van der Waals surface area contributed by atoms with Gasteiger partial charge in [0, 0.05) is 35.3 Å². The van der Waals surface area contributed by atoms with Crippen LogP contribution >= 0.6 is 0 Å². The van der Waals surface area contributed by atoms with E-state index in [1.165, 1.54) is 0 Å². The summed E-state index contributed by atoms with van der Waals surface area (Å²) in [4.78, 5) is 8.91. The number of nitrogens with zero attached hydrogens (tertiary/aromatic N) is 3. The molecule has 0 saturated carbocycles. The Balaban J connectivity index is 1.61. The number of amidine groups is 1. The van der Waals surface area contributed by atoms with Crippen LogP contribution in [-0.2, 0) is 6.54 Å². The number of aromatic nitrogens is 2. The second kappa shape index (κ2) is 8.06. The van der Waals surface area contributed by atoms with Crippen molar-refractivity contribution in [2.75, 3.05) is 13.7 Å². The van der Waals surface area contributed by atoms with Gasteiger partial charge in [0.15, 0.2) is 0 Å². The Morgan fingerprint density at radius 1 is 1.07 bits per heavy atom. The summed E-state index contributed by atoms with van der Waals surface area (Å²) in [7, 11) is 1.67. The van der Waals surface area contributed by atoms with Gasteiger partial charge in [0.1, 0.15) is 23.9 Å². The third kappa shape index (κ3) is 3.81. The van der Waals surface area contributed by atoms with Crippen LogP contribution in [0, 0.1) is 20.8 Å². The number of imidazole rings is 1. The molecule has 1 aromatic heterocycles. The number of aliphatic imine (C=N–C) groups is 1. The van der Waals surface area contributed by atoms with Gasteiger partial charge < -0.3 is 19.4 Å². The highest BCUT2D eigenvalue weighted by Gasteiger charge is 2.20. The first-order chi connectivity index (χ1) is 14.5. The number of hydrogen-bond acceptors (Lipinski definition) is 5. The quantitative estimate of drug-likeness (QED) is 0.657. The van der Waals surface area contributed by atoms with Crippen molar-refractivity contribution >= 4 is 17.2 Å². The van der Waals surface area contributed by atoms with Gasteiger partial charge in [-0.3, -0.25) is 0 Å². The Kier molecular flexibility index (Phi) is 5.31. The lowest BCUT2D eigenvalue weighted by Gasteiger charge is -2.23. The molecule has 0 unspecified atom stereocenters. The molecule has 4 rings (SSSR count). The van der Waals surface area contributed by atoms with Gasteiger partial charge >= 0.3 is 0 Å². The van der Waals surface area contributed by atoms with Crippen molar-refractivity contribution in [3.05, 3.63) is 77.4 Å². The standard InChI is InChI=1S/C24H26N4O2/c1-15-12-20(29-5)13-21-22(15)18(4)26-24(27-21)19-10-16(2)23(17(3)11-19)30-9-8-28-7-6-25-14-28/h6-7,10-14H,4,8-9H2,1-3,5H3,(H,26,27). The third-order valence-corrected chi connectivity index (χ3v) is 5.22. The fourth-order valence-corrected chi connectivity index (χ4v) is 3.81. The minimum absolute atomic E-state index is 0.583. The zero-order chi connectivity index (χ0) is 21.3. The fourth-order valence-electron chi connectivity index (χ4n) is 3.81. The number of fused-ring (bicyclic) bond motifs is 1. The smallest absolute Gasteiger partial charge is 0.138 e. The molecular formula is C24H26N4O2. The normalized spacial score (nSPS) is 12.8. The molecule has 154 valence electrons. The number of methoxy groups -OCH3 is 1. The molecule has 0 atom stereocenters. The Labute approximate surface area is 176 Å². The third-order valence-electron chi connectivity index (χ3n) is 5.22. The van der Waals surface area contributed by atoms with Crippen LogP contribution in [0.4, 0.5) is 5.69 Å². The van der Waals surface area contributed by atoms with E-state index in [4.69, 9.17) is 14.5 Å². The molecule has 2 aromatic carbocycles. The lowest BCUT2D eigenvalue weighted by atomic mass is 9.99. The summed E-state index contributed by atoms with van der Waals surface area (Å²) in [5.41, 5.74) is 6.94. The maximum Gasteiger partial charge on any atom is 0.138 e. The summed E-state index contributed by atoms with van der Waals surface area (Å²) >= 11 is 0. The Morgan fingerprint density at radius 3 is 2.50 bits per heavy atom. The van der Waals surface area contributed by atoms with E-state index in [9.17, 15) is 0 Å². The van der Waals surface area contributed by atoms with Gasteiger partial charge in [-0.15, -0.1) is 0 Å². The van der Waals surface area contributed by atoms with Gasteiger partial charge in [0.2, 0.25) is 0 Å². The minimum Gasteiger partial charge on any atom is -0.497 e. The van der Waals surface area contributed by atoms with Crippen molar-refractivity contribution in [1.82, 2.24) is 14.9 Å². The van der Waals surface area contributed by atoms with Crippen molar-refractivity contribution < 1.29 is 9.47 Å². The van der Waals surface area contributed by atoms with Crippen LogP contribution in [0.25, 0.3) is 5.70 Å². The van der Waals surface area contributed by atoms with Crippen LogP contribution in [0.5, 0.6) is 11.5 Å². The molecule has 1 aliphatic heterocycles. The Hall–Kier alpha value is -3.54. The number of benzene rings is 2. The van der Waals surface area contributed by atoms with Crippen LogP contribution in [0.3, 0.4) is 0 Å². The molecule has 6 nitrogen and oxygen atoms in total. The molecule has 1 aliphatic rings. The van der Waals surface area contributed by atoms with Crippen LogP contribution < -0.4 is 14.8 Å². The first kappa shape index (κ1) is 19.8. The highest BCUT2D eigenvalue weighted by atomic mass is 16.5. The lowest BCUT2D eigenvalue weighted by Crippen LogP contribution is -2.26. The first-order valence-electron chi connectivity index (χ1n) is 9.90. The van der Waals surface area contributed by atoms with Crippen LogP contribution in [0.2, 0.25) is 0 Å². The summed E-state index contributed by atoms with van der Waals surface area (Å²) in [6.45, 7) is 11.7. The summed E-state index contributed by atoms with van der Waals surface area (Å²) in [6.07, 6.45) is 5.49. The molecule has 0 spiro atoms. The molecule has 0 amide bonds. The van der Waals surface area contributed by atoms with E-state index in [1.54, 1.807) is 19.6 Å². The highest BCUT2D eigenvalue weighted by Crippen LogP contribution is 2.36. The maximum atomic E-state index is 6.06. The van der Waals surface area contributed by atoms with Crippen LogP contribution in [-0.4, -0.2) is 29.1 Å². The molecule has 2 heterocycles. The molecule has 0 saturated heterocycles. The molecular weight excluding hydrogens is 376 g/mol. The summed E-state index contributed by atoms with van der Waals surface area (Å²) in [5, 5.41) is 3.37. The molecule has 30 heavy (non-hydrogen) atoms. The average molecular weight is 402 g/mol. The number of rotatable bonds is 6. The molecule has 0 fully saturated rings. The van der Waals surface area contributed by atoms with Gasteiger partial charge in [-0.2, -0.15) is 0 Å². The predicted octanol–water partition coefficient (Wildman–Crippen LogP) is 4.55. The van der Waals surface area contributed by atoms with E-state index in [2.05, 4.69) is 42.9 Å². The zero-order valence-electron chi connectivity index (χ0n) is 17.8. The van der Waals surface area contributed by atoms with Gasteiger partial charge in [-0.05, 0) is 55.7 Å². The Bertz CT molecular complexity index is 1110. The fraction of sp³-hybridized carbons (Fsp3) is 0.250. The van der Waals surface area contributed by atoms with E-state index in [0.29, 0.717) is 6.61 Å². The number of ether oxygens (including phenoxy) is 2. The topological polar surface area (TPSA) is 60.7 Å². The summed E-state index contributed by atoms with van der Waals surface area (Å²) in [5.74, 6) is 2.47. The van der Waals surface area contributed by atoms with Crippen molar-refractivity contribution in [1.29, 1.82) is 0 Å². The SMILES string of the molecule is C=C1NC(c2cc(C)c(OCCn3ccnc3)c(C)c2)=Nc2cc(OC)cc(C)c21. The molecule has 1 N–H and O–H groups in total. The predicted molar refractivity (Wildman–Crippen MR) is 120 cm³/mol. The maximum absolute atomic E-state index is 6.06. The zero-order valence-corrected chi connectivity index (χ0v) is 17.8. The molecule has 0 radical (unpaired) electrons. The minimum atomic E-state index is 0.583. The number of hydrogen-bond donors (Lipinski definition) is 1. The van der Waals surface area contributed by atoms with E-state index in [-0.39, 0.29) is 0 Å². The second-order valence-electron chi connectivity index (χ2n) is 7.49. The van der Waals surface area contributed by atoms with Crippen molar-refractivity contribution in [2.45, 2.75) is 27.3 Å². The first-order valence-corrected chi connectivity index (χ1v) is 9.90. The molecule has 3 aromatic rings. The summed E-state index contributed by atoms with van der Waals surface area (Å²) in [6, 6.07) is 8.13. The van der Waals surface area contributed by atoms with Gasteiger partial charge in [0.05, 0.1) is 25.7 Å². The van der Waals surface area contributed by atoms with E-state index < -0.39 is 0 Å². The molecule has 6 heteroatoms. The lowest BCUT2D eigenvalue weighted by molar-refractivity contribution is 0.294. The van der Waals surface area contributed by atoms with Crippen molar-refractivity contribution in [3.63, 3.8) is 0 Å². The Morgan fingerprint density at radius 2 is 1.83 bits per heavy atom. The molecule has 0 aliphatic carbocycles. The monoisotopic (exact) mass is 402 g/mol. The van der Waals surface area contributed by atoms with Crippen LogP contribution in [0.15, 0.2) is 54.6 Å².